The third-order valence-corrected chi connectivity index (χ3v) is 8.47. The van der Waals surface area contributed by atoms with Crippen LogP contribution in [-0.4, -0.2) is 63.0 Å². The number of nitrogens with zero attached hydrogens (tertiary/aromatic N) is 4. The van der Waals surface area contributed by atoms with Crippen LogP contribution < -0.4 is 5.73 Å². The average molecular weight is 515 g/mol. The summed E-state index contributed by atoms with van der Waals surface area (Å²) in [6, 6.07) is 0. The minimum absolute atomic E-state index is 0.118. The lowest BCUT2D eigenvalue weighted by molar-refractivity contribution is -0.0974. The lowest BCUT2D eigenvalue weighted by Crippen LogP contribution is -2.44. The van der Waals surface area contributed by atoms with Crippen LogP contribution in [0, 0.1) is 5.92 Å². The van der Waals surface area contributed by atoms with Gasteiger partial charge in [-0.15, -0.1) is 0 Å². The summed E-state index contributed by atoms with van der Waals surface area (Å²) < 4.78 is 53.2. The first-order valence-electron chi connectivity index (χ1n) is 8.51. The maximum absolute atomic E-state index is 11.9. The molecule has 0 aromatic carbocycles. The van der Waals surface area contributed by atoms with Gasteiger partial charge in [-0.3, -0.25) is 9.09 Å². The Morgan fingerprint density at radius 3 is 2.47 bits per heavy atom. The highest BCUT2D eigenvalue weighted by Gasteiger charge is 2.59. The minimum Gasteiger partial charge on any atom is -0.389 e. The monoisotopic (exact) mass is 515 g/mol. The number of anilines is 1. The molecule has 0 bridgehead atoms. The quantitative estimate of drug-likeness (QED) is 0.188. The Labute approximate surface area is 177 Å². The highest BCUT2D eigenvalue weighted by molar-refractivity contribution is 7.66. The lowest BCUT2D eigenvalue weighted by atomic mass is 9.81. The van der Waals surface area contributed by atoms with E-state index in [9.17, 15) is 28.6 Å². The summed E-state index contributed by atoms with van der Waals surface area (Å²) in [6.45, 7) is -0.811. The molecule has 176 valence electrons. The van der Waals surface area contributed by atoms with Crippen molar-refractivity contribution in [1.82, 2.24) is 19.5 Å². The van der Waals surface area contributed by atoms with E-state index in [1.165, 1.54) is 17.2 Å². The van der Waals surface area contributed by atoms with Gasteiger partial charge in [-0.1, -0.05) is 6.08 Å². The smallest absolute Gasteiger partial charge is 0.389 e. The zero-order valence-electron chi connectivity index (χ0n) is 15.6. The molecule has 1 aliphatic heterocycles. The number of hydrogen-bond donors (Lipinski definition) is 6. The van der Waals surface area contributed by atoms with Crippen molar-refractivity contribution in [2.24, 2.45) is 5.92 Å². The first-order valence-corrected chi connectivity index (χ1v) is 13.0. The summed E-state index contributed by atoms with van der Waals surface area (Å²) in [5.41, 5.74) is 5.08. The lowest BCUT2D eigenvalue weighted by Gasteiger charge is -2.38. The number of aliphatic hydroxyl groups excluding tert-OH is 1. The molecular weight excluding hydrogens is 499 g/mol. The van der Waals surface area contributed by atoms with Gasteiger partial charge < -0.3 is 35.2 Å². The molecule has 3 heterocycles. The van der Waals surface area contributed by atoms with Gasteiger partial charge in [0.1, 0.15) is 17.9 Å². The van der Waals surface area contributed by atoms with E-state index >= 15 is 0 Å². The van der Waals surface area contributed by atoms with Crippen LogP contribution in [0.3, 0.4) is 0 Å². The molecule has 0 radical (unpaired) electrons. The van der Waals surface area contributed by atoms with Crippen molar-refractivity contribution in [3.8, 4) is 0 Å². The maximum atomic E-state index is 11.9. The molecule has 1 aliphatic carbocycles. The molecule has 17 nitrogen and oxygen atoms in total. The minimum atomic E-state index is -5.66. The van der Waals surface area contributed by atoms with Crippen LogP contribution in [0.5, 0.6) is 0 Å². The number of hydrogen-bond acceptors (Lipinski definition) is 12. The fraction of sp³-hybridized carbons (Fsp3) is 0.417. The molecule has 0 amide bonds. The molecular formula is C12H16N5O12P3. The van der Waals surface area contributed by atoms with Crippen molar-refractivity contribution < 1.29 is 56.3 Å². The summed E-state index contributed by atoms with van der Waals surface area (Å²) in [7, 11) is -16.6. The van der Waals surface area contributed by atoms with Gasteiger partial charge in [-0.05, 0) is 6.08 Å². The zero-order chi connectivity index (χ0) is 23.5. The van der Waals surface area contributed by atoms with Gasteiger partial charge in [-0.2, -0.15) is 8.62 Å². The van der Waals surface area contributed by atoms with Crippen LogP contribution in [0.4, 0.5) is 5.82 Å². The molecule has 1 saturated heterocycles. The van der Waals surface area contributed by atoms with Gasteiger partial charge in [0, 0.05) is 0 Å². The van der Waals surface area contributed by atoms with Gasteiger partial charge in [-0.25, -0.2) is 28.6 Å². The molecule has 20 heteroatoms. The Morgan fingerprint density at radius 2 is 1.84 bits per heavy atom. The molecule has 4 rings (SSSR count). The molecule has 0 saturated carbocycles. The van der Waals surface area contributed by atoms with Gasteiger partial charge in [0.05, 0.1) is 25.0 Å². The fourth-order valence-electron chi connectivity index (χ4n) is 3.40. The maximum Gasteiger partial charge on any atom is 0.490 e. The van der Waals surface area contributed by atoms with Crippen molar-refractivity contribution in [1.29, 1.82) is 0 Å². The van der Waals surface area contributed by atoms with Gasteiger partial charge in [0.25, 0.3) is 0 Å². The highest BCUT2D eigenvalue weighted by atomic mass is 31.3. The first-order chi connectivity index (χ1) is 14.7. The summed E-state index contributed by atoms with van der Waals surface area (Å²) in [6.07, 6.45) is 3.28. The first kappa shape index (κ1) is 23.6. The third kappa shape index (κ3) is 4.31. The van der Waals surface area contributed by atoms with Crippen LogP contribution in [0.1, 0.15) is 0 Å². The number of phosphoric acid groups is 3. The number of imidazole rings is 1. The van der Waals surface area contributed by atoms with Crippen molar-refractivity contribution in [2.75, 3.05) is 12.3 Å². The number of rotatable bonds is 8. The zero-order valence-corrected chi connectivity index (χ0v) is 18.2. The summed E-state index contributed by atoms with van der Waals surface area (Å²) >= 11 is 0. The van der Waals surface area contributed by atoms with Crippen LogP contribution in [0.25, 0.3) is 11.2 Å². The Kier molecular flexibility index (Phi) is 5.70. The molecule has 1 fully saturated rings. The molecule has 2 aromatic heterocycles. The number of aliphatic hydroxyl groups is 1. The molecule has 2 aliphatic rings. The Morgan fingerprint density at radius 1 is 1.12 bits per heavy atom. The molecule has 2 aromatic rings. The second-order valence-electron chi connectivity index (χ2n) is 6.72. The van der Waals surface area contributed by atoms with E-state index in [-0.39, 0.29) is 11.3 Å². The Hall–Kier alpha value is -1.58. The molecule has 7 N–H and O–H groups in total. The van der Waals surface area contributed by atoms with E-state index in [1.807, 2.05) is 0 Å². The summed E-state index contributed by atoms with van der Waals surface area (Å²) in [5, 5.41) is 10.6. The summed E-state index contributed by atoms with van der Waals surface area (Å²) in [5.74, 6) is -0.529. The number of nitrogens with two attached hydrogens (primary N) is 1. The summed E-state index contributed by atoms with van der Waals surface area (Å²) in [4.78, 5) is 48.0. The second kappa shape index (κ2) is 7.74. The number of nitrogen functional groups attached to an aromatic ring is 1. The van der Waals surface area contributed by atoms with Crippen LogP contribution in [0.15, 0.2) is 24.8 Å². The van der Waals surface area contributed by atoms with Gasteiger partial charge in [0.15, 0.2) is 17.2 Å². The van der Waals surface area contributed by atoms with Crippen molar-refractivity contribution in [2.45, 2.75) is 17.9 Å². The van der Waals surface area contributed by atoms with Crippen molar-refractivity contribution >= 4 is 40.4 Å². The van der Waals surface area contributed by atoms with E-state index in [1.54, 1.807) is 12.2 Å². The van der Waals surface area contributed by atoms with E-state index in [0.29, 0.717) is 5.65 Å². The average Bonchev–Trinajstić information content (AvgIpc) is 3.10. The van der Waals surface area contributed by atoms with Crippen molar-refractivity contribution in [3.63, 3.8) is 0 Å². The molecule has 32 heavy (non-hydrogen) atoms. The van der Waals surface area contributed by atoms with E-state index in [2.05, 4.69) is 28.1 Å². The normalized spacial score (nSPS) is 31.1. The van der Waals surface area contributed by atoms with Gasteiger partial charge in [0.2, 0.25) is 0 Å². The standard InChI is InChI=1S/C12H16N5O12P3/c13-10-8-11(15-4-14-10)17(5-16-8)12-2-1-6(12)9(18)7(27-12)3-26-31(22,23)29-32(24,25)28-30(19,20)21/h1-2,4-7,9,18H,3H2,(H,22,23)(H,24,25)(H2,13,14,15)(H2,19,20,21)/t6-,7-,9+,12-/m1/s1. The molecule has 2 unspecified atom stereocenters. The topological polar surface area (TPSA) is 259 Å². The van der Waals surface area contributed by atoms with Crippen LogP contribution >= 0.6 is 23.5 Å². The van der Waals surface area contributed by atoms with E-state index in [4.69, 9.17) is 20.3 Å². The predicted octanol–water partition coefficient (Wildman–Crippen LogP) is -0.650. The van der Waals surface area contributed by atoms with Gasteiger partial charge >= 0.3 is 23.5 Å². The number of phosphoric ester groups is 1. The predicted molar refractivity (Wildman–Crippen MR) is 101 cm³/mol. The number of fused-ring (bicyclic) bond motifs is 2. The van der Waals surface area contributed by atoms with Crippen LogP contribution in [-0.2, 0) is 37.3 Å². The number of ether oxygens (including phenoxy) is 1. The molecule has 6 atom stereocenters. The Bertz CT molecular complexity index is 1230. The number of aromatic nitrogens is 4. The SMILES string of the molecule is Nc1ncnc2c1ncn2[C@@]12C=C[C@@H]1[C@H](O)[C@@H](COP(=O)(O)OP(=O)(O)OP(=O)(O)O)O2. The van der Waals surface area contributed by atoms with Crippen LogP contribution in [0.2, 0.25) is 0 Å². The second-order valence-corrected chi connectivity index (χ2v) is 11.1. The van der Waals surface area contributed by atoms with E-state index < -0.39 is 53.9 Å². The third-order valence-electron chi connectivity index (χ3n) is 4.67. The Balaban J connectivity index is 1.49. The largest absolute Gasteiger partial charge is 0.490 e. The van der Waals surface area contributed by atoms with Crippen molar-refractivity contribution in [3.05, 3.63) is 24.8 Å². The van der Waals surface area contributed by atoms with E-state index in [0.717, 1.165) is 0 Å². The highest BCUT2D eigenvalue weighted by Crippen LogP contribution is 2.66. The molecule has 0 spiro atoms. The fourth-order valence-corrected chi connectivity index (χ4v) is 6.43.